The van der Waals surface area contributed by atoms with Crippen molar-refractivity contribution >= 4 is 52.4 Å². The van der Waals surface area contributed by atoms with E-state index in [0.29, 0.717) is 21.4 Å². The predicted octanol–water partition coefficient (Wildman–Crippen LogP) is 4.67. The van der Waals surface area contributed by atoms with Crippen LogP contribution in [0.1, 0.15) is 32.1 Å². The second kappa shape index (κ2) is 9.79. The van der Waals surface area contributed by atoms with Gasteiger partial charge in [-0.3, -0.25) is 9.59 Å². The molecule has 1 heterocycles. The number of hydrogen-bond donors (Lipinski definition) is 3. The van der Waals surface area contributed by atoms with Gasteiger partial charge in [0, 0.05) is 27.5 Å². The monoisotopic (exact) mass is 474 g/mol. The van der Waals surface area contributed by atoms with Crippen LogP contribution in [0.15, 0.2) is 48.5 Å². The van der Waals surface area contributed by atoms with Crippen LogP contribution in [0.4, 0.5) is 16.2 Å². The molecule has 0 spiro atoms. The molecule has 2 aromatic carbocycles. The molecule has 3 N–H and O–H groups in total. The maximum Gasteiger partial charge on any atom is 0.322 e. The third-order valence-electron chi connectivity index (χ3n) is 5.84. The molecule has 32 heavy (non-hydrogen) atoms. The minimum absolute atomic E-state index is 0.108. The molecule has 7 nitrogen and oxygen atoms in total. The van der Waals surface area contributed by atoms with Gasteiger partial charge in [-0.25, -0.2) is 4.79 Å². The van der Waals surface area contributed by atoms with Crippen LogP contribution < -0.4 is 16.0 Å². The maximum absolute atomic E-state index is 13.3. The highest BCUT2D eigenvalue weighted by molar-refractivity contribution is 6.35. The summed E-state index contributed by atoms with van der Waals surface area (Å²) in [5.74, 6) is -0.731. The molecule has 1 saturated heterocycles. The molecular weight excluding hydrogens is 451 g/mol. The van der Waals surface area contributed by atoms with E-state index in [0.717, 1.165) is 25.7 Å². The maximum atomic E-state index is 13.3. The molecule has 1 saturated carbocycles. The van der Waals surface area contributed by atoms with Gasteiger partial charge in [0.05, 0.1) is 12.5 Å². The number of piperazine rings is 1. The number of amides is 4. The van der Waals surface area contributed by atoms with Crippen LogP contribution in [-0.2, 0) is 9.59 Å². The van der Waals surface area contributed by atoms with Gasteiger partial charge in [-0.1, -0.05) is 54.2 Å². The van der Waals surface area contributed by atoms with Crippen molar-refractivity contribution in [1.82, 2.24) is 10.2 Å². The topological polar surface area (TPSA) is 90.5 Å². The van der Waals surface area contributed by atoms with Crippen molar-refractivity contribution in [3.05, 3.63) is 58.6 Å². The Bertz CT molecular complexity index is 997. The lowest BCUT2D eigenvalue weighted by Gasteiger charge is -2.47. The van der Waals surface area contributed by atoms with Crippen molar-refractivity contribution in [2.45, 2.75) is 50.2 Å². The van der Waals surface area contributed by atoms with E-state index in [9.17, 15) is 14.4 Å². The SMILES string of the molecule is O=C(CC1C(=O)NC2CCCCC2N1C(=O)Nc1ccccc1)Nc1cc(Cl)cc(Cl)c1. The van der Waals surface area contributed by atoms with Gasteiger partial charge in [0.1, 0.15) is 6.04 Å². The Morgan fingerprint density at radius 3 is 2.38 bits per heavy atom. The Labute approximate surface area is 196 Å². The molecule has 1 aliphatic heterocycles. The van der Waals surface area contributed by atoms with E-state index in [1.54, 1.807) is 35.2 Å². The number of benzene rings is 2. The molecule has 3 atom stereocenters. The smallest absolute Gasteiger partial charge is 0.322 e. The van der Waals surface area contributed by atoms with Crippen molar-refractivity contribution in [2.75, 3.05) is 10.6 Å². The Morgan fingerprint density at radius 1 is 0.969 bits per heavy atom. The second-order valence-corrected chi connectivity index (χ2v) is 8.97. The van der Waals surface area contributed by atoms with Gasteiger partial charge in [-0.2, -0.15) is 0 Å². The van der Waals surface area contributed by atoms with Crippen molar-refractivity contribution in [3.63, 3.8) is 0 Å². The minimum atomic E-state index is -0.923. The molecular formula is C23H24Cl2N4O3. The fourth-order valence-corrected chi connectivity index (χ4v) is 4.98. The van der Waals surface area contributed by atoms with Crippen molar-refractivity contribution in [3.8, 4) is 0 Å². The Kier molecular flexibility index (Phi) is 6.86. The number of hydrogen-bond acceptors (Lipinski definition) is 3. The summed E-state index contributed by atoms with van der Waals surface area (Å²) in [6.07, 6.45) is 3.37. The average molecular weight is 475 g/mol. The van der Waals surface area contributed by atoms with Gasteiger partial charge in [0.25, 0.3) is 0 Å². The number of nitrogens with one attached hydrogen (secondary N) is 3. The third kappa shape index (κ3) is 5.16. The van der Waals surface area contributed by atoms with Gasteiger partial charge < -0.3 is 20.9 Å². The fraction of sp³-hybridized carbons (Fsp3) is 0.348. The Balaban J connectivity index is 1.54. The minimum Gasteiger partial charge on any atom is -0.349 e. The summed E-state index contributed by atoms with van der Waals surface area (Å²) < 4.78 is 0. The van der Waals surface area contributed by atoms with Crippen molar-refractivity contribution < 1.29 is 14.4 Å². The van der Waals surface area contributed by atoms with E-state index in [4.69, 9.17) is 23.2 Å². The molecule has 1 aliphatic carbocycles. The Hall–Kier alpha value is -2.77. The van der Waals surface area contributed by atoms with E-state index < -0.39 is 11.9 Å². The van der Waals surface area contributed by atoms with E-state index in [-0.39, 0.29) is 30.4 Å². The molecule has 0 radical (unpaired) electrons. The molecule has 4 rings (SSSR count). The summed E-state index contributed by atoms with van der Waals surface area (Å²) in [5.41, 5.74) is 1.06. The van der Waals surface area contributed by atoms with Gasteiger partial charge in [-0.15, -0.1) is 0 Å². The van der Waals surface area contributed by atoms with Crippen LogP contribution in [-0.4, -0.2) is 40.9 Å². The molecule has 0 bridgehead atoms. The van der Waals surface area contributed by atoms with E-state index in [2.05, 4.69) is 16.0 Å². The van der Waals surface area contributed by atoms with E-state index in [1.165, 1.54) is 0 Å². The fourth-order valence-electron chi connectivity index (χ4n) is 4.46. The van der Waals surface area contributed by atoms with Gasteiger partial charge in [0.15, 0.2) is 0 Å². The first-order chi connectivity index (χ1) is 15.4. The molecule has 9 heteroatoms. The number of para-hydroxylation sites is 1. The highest BCUT2D eigenvalue weighted by Crippen LogP contribution is 2.30. The molecule has 4 amide bonds. The normalized spacial score (nSPS) is 22.5. The second-order valence-electron chi connectivity index (χ2n) is 8.10. The molecule has 0 aromatic heterocycles. The van der Waals surface area contributed by atoms with Crippen LogP contribution in [0, 0.1) is 0 Å². The lowest BCUT2D eigenvalue weighted by molar-refractivity contribution is -0.135. The number of carbonyl (C=O) groups is 3. The number of halogens is 2. The third-order valence-corrected chi connectivity index (χ3v) is 6.27. The summed E-state index contributed by atoms with van der Waals surface area (Å²) in [6.45, 7) is 0. The molecule has 168 valence electrons. The molecule has 2 fully saturated rings. The number of rotatable bonds is 4. The first-order valence-corrected chi connectivity index (χ1v) is 11.4. The van der Waals surface area contributed by atoms with Crippen LogP contribution in [0.2, 0.25) is 10.0 Å². The number of urea groups is 1. The highest BCUT2D eigenvalue weighted by atomic mass is 35.5. The summed E-state index contributed by atoms with van der Waals surface area (Å²) in [6, 6.07) is 12.2. The summed E-state index contributed by atoms with van der Waals surface area (Å²) >= 11 is 12.0. The first kappa shape index (κ1) is 22.4. The molecule has 2 aliphatic rings. The standard InChI is InChI=1S/C23H24Cl2N4O3/c24-14-10-15(25)12-17(11-14)26-21(30)13-20-22(31)28-18-8-4-5-9-19(18)29(20)23(32)27-16-6-2-1-3-7-16/h1-3,6-7,10-12,18-20H,4-5,8-9,13H2,(H,26,30)(H,27,32)(H,28,31). The molecule has 3 unspecified atom stereocenters. The summed E-state index contributed by atoms with van der Waals surface area (Å²) in [5, 5.41) is 9.39. The van der Waals surface area contributed by atoms with Crippen LogP contribution >= 0.6 is 23.2 Å². The van der Waals surface area contributed by atoms with E-state index in [1.807, 2.05) is 18.2 Å². The van der Waals surface area contributed by atoms with E-state index >= 15 is 0 Å². The van der Waals surface area contributed by atoms with Crippen LogP contribution in [0.25, 0.3) is 0 Å². The Morgan fingerprint density at radius 2 is 1.66 bits per heavy atom. The van der Waals surface area contributed by atoms with Gasteiger partial charge in [-0.05, 0) is 43.2 Å². The summed E-state index contributed by atoms with van der Waals surface area (Å²) in [4.78, 5) is 40.6. The van der Waals surface area contributed by atoms with Crippen molar-refractivity contribution in [1.29, 1.82) is 0 Å². The zero-order chi connectivity index (χ0) is 22.7. The number of nitrogens with zero attached hydrogens (tertiary/aromatic N) is 1. The number of fused-ring (bicyclic) bond motifs is 1. The number of anilines is 2. The highest BCUT2D eigenvalue weighted by Gasteiger charge is 2.46. The van der Waals surface area contributed by atoms with Gasteiger partial charge in [0.2, 0.25) is 11.8 Å². The van der Waals surface area contributed by atoms with Crippen LogP contribution in [0.3, 0.4) is 0 Å². The lowest BCUT2D eigenvalue weighted by Crippen LogP contribution is -2.68. The number of carbonyl (C=O) groups excluding carboxylic acids is 3. The van der Waals surface area contributed by atoms with Crippen LogP contribution in [0.5, 0.6) is 0 Å². The quantitative estimate of drug-likeness (QED) is 0.601. The van der Waals surface area contributed by atoms with Crippen molar-refractivity contribution in [2.24, 2.45) is 0 Å². The summed E-state index contributed by atoms with van der Waals surface area (Å²) in [7, 11) is 0. The zero-order valence-corrected chi connectivity index (χ0v) is 18.8. The lowest BCUT2D eigenvalue weighted by atomic mass is 9.85. The average Bonchev–Trinajstić information content (AvgIpc) is 2.74. The first-order valence-electron chi connectivity index (χ1n) is 10.6. The zero-order valence-electron chi connectivity index (χ0n) is 17.3. The largest absolute Gasteiger partial charge is 0.349 e. The van der Waals surface area contributed by atoms with Gasteiger partial charge >= 0.3 is 6.03 Å². The predicted molar refractivity (Wildman–Crippen MR) is 125 cm³/mol. The molecule has 2 aromatic rings.